The van der Waals surface area contributed by atoms with Crippen LogP contribution >= 0.6 is 0 Å². The number of carbonyl (C=O) groups is 1. The third-order valence-electron chi connectivity index (χ3n) is 4.70. The summed E-state index contributed by atoms with van der Waals surface area (Å²) in [6.45, 7) is 4.78. The molecule has 1 aliphatic heterocycles. The summed E-state index contributed by atoms with van der Waals surface area (Å²) in [6.07, 6.45) is 9.38. The van der Waals surface area contributed by atoms with Gasteiger partial charge in [0.1, 0.15) is 6.04 Å². The van der Waals surface area contributed by atoms with Crippen molar-refractivity contribution in [1.29, 1.82) is 0 Å². The first-order valence-corrected chi connectivity index (χ1v) is 8.15. The van der Waals surface area contributed by atoms with Crippen molar-refractivity contribution in [3.05, 3.63) is 0 Å². The Kier molecular flexibility index (Phi) is 5.44. The molecule has 0 aromatic heterocycles. The van der Waals surface area contributed by atoms with Gasteiger partial charge < -0.3 is 15.2 Å². The second-order valence-corrected chi connectivity index (χ2v) is 6.95. The molecule has 0 bridgehead atoms. The highest BCUT2D eigenvalue weighted by Gasteiger charge is 2.40. The SMILES string of the molecule is CC(C)CC(NCC1CCC2(CCCCC2)O1)C(=O)O. The molecule has 2 N–H and O–H groups in total. The van der Waals surface area contributed by atoms with E-state index in [4.69, 9.17) is 4.74 Å². The minimum atomic E-state index is -0.746. The van der Waals surface area contributed by atoms with Gasteiger partial charge in [-0.2, -0.15) is 0 Å². The van der Waals surface area contributed by atoms with Crippen molar-refractivity contribution >= 4 is 5.97 Å². The summed E-state index contributed by atoms with van der Waals surface area (Å²) in [7, 11) is 0. The van der Waals surface area contributed by atoms with Gasteiger partial charge in [0.15, 0.2) is 0 Å². The number of nitrogens with one attached hydrogen (secondary N) is 1. The van der Waals surface area contributed by atoms with E-state index in [9.17, 15) is 9.90 Å². The first kappa shape index (κ1) is 15.8. The van der Waals surface area contributed by atoms with Crippen LogP contribution in [0.5, 0.6) is 0 Å². The summed E-state index contributed by atoms with van der Waals surface area (Å²) in [6, 6.07) is -0.443. The van der Waals surface area contributed by atoms with Crippen LogP contribution in [0.4, 0.5) is 0 Å². The van der Waals surface area contributed by atoms with Gasteiger partial charge in [0.05, 0.1) is 11.7 Å². The van der Waals surface area contributed by atoms with Gasteiger partial charge in [-0.05, 0) is 38.0 Å². The molecule has 0 aromatic carbocycles. The number of aliphatic carboxylic acids is 1. The largest absolute Gasteiger partial charge is 0.480 e. The summed E-state index contributed by atoms with van der Waals surface area (Å²) in [5, 5.41) is 12.4. The van der Waals surface area contributed by atoms with Gasteiger partial charge in [-0.1, -0.05) is 33.1 Å². The molecule has 2 atom stereocenters. The summed E-state index contributed by atoms with van der Waals surface area (Å²) >= 11 is 0. The molecular formula is C16H29NO3. The van der Waals surface area contributed by atoms with Gasteiger partial charge in [0.25, 0.3) is 0 Å². The first-order valence-electron chi connectivity index (χ1n) is 8.15. The van der Waals surface area contributed by atoms with E-state index in [0.717, 1.165) is 12.8 Å². The number of carboxylic acids is 1. The van der Waals surface area contributed by atoms with Crippen molar-refractivity contribution in [2.45, 2.75) is 83.0 Å². The molecular weight excluding hydrogens is 254 g/mol. The van der Waals surface area contributed by atoms with Crippen LogP contribution in [0.15, 0.2) is 0 Å². The number of ether oxygens (including phenoxy) is 1. The predicted octanol–water partition coefficient (Wildman–Crippen LogP) is 2.96. The van der Waals surface area contributed by atoms with Crippen molar-refractivity contribution in [2.75, 3.05) is 6.54 Å². The number of rotatable bonds is 6. The van der Waals surface area contributed by atoms with Crippen molar-refractivity contribution in [3.63, 3.8) is 0 Å². The van der Waals surface area contributed by atoms with Gasteiger partial charge in [-0.15, -0.1) is 0 Å². The Labute approximate surface area is 122 Å². The van der Waals surface area contributed by atoms with Crippen LogP contribution in [-0.4, -0.2) is 35.4 Å². The molecule has 2 rings (SSSR count). The zero-order valence-corrected chi connectivity index (χ0v) is 12.9. The van der Waals surface area contributed by atoms with Crippen LogP contribution in [0.2, 0.25) is 0 Å². The van der Waals surface area contributed by atoms with E-state index in [-0.39, 0.29) is 11.7 Å². The zero-order valence-electron chi connectivity index (χ0n) is 12.9. The molecule has 2 aliphatic rings. The Morgan fingerprint density at radius 2 is 2.00 bits per heavy atom. The molecule has 2 fully saturated rings. The van der Waals surface area contributed by atoms with E-state index in [0.29, 0.717) is 18.9 Å². The smallest absolute Gasteiger partial charge is 0.320 e. The second-order valence-electron chi connectivity index (χ2n) is 6.95. The molecule has 1 aliphatic carbocycles. The van der Waals surface area contributed by atoms with Crippen LogP contribution in [-0.2, 0) is 9.53 Å². The Morgan fingerprint density at radius 3 is 2.60 bits per heavy atom. The van der Waals surface area contributed by atoms with Crippen molar-refractivity contribution in [3.8, 4) is 0 Å². The molecule has 0 radical (unpaired) electrons. The molecule has 1 saturated carbocycles. The lowest BCUT2D eigenvalue weighted by atomic mass is 9.83. The lowest BCUT2D eigenvalue weighted by Gasteiger charge is -2.33. The molecule has 1 saturated heterocycles. The third kappa shape index (κ3) is 4.19. The Morgan fingerprint density at radius 1 is 1.30 bits per heavy atom. The van der Waals surface area contributed by atoms with Gasteiger partial charge >= 0.3 is 5.97 Å². The van der Waals surface area contributed by atoms with E-state index in [1.165, 1.54) is 32.1 Å². The Bertz CT molecular complexity index is 324. The molecule has 116 valence electrons. The molecule has 1 spiro atoms. The van der Waals surface area contributed by atoms with E-state index in [1.54, 1.807) is 0 Å². The number of hydrogen-bond acceptors (Lipinski definition) is 3. The van der Waals surface area contributed by atoms with Crippen LogP contribution in [0, 0.1) is 5.92 Å². The second kappa shape index (κ2) is 6.90. The Balaban J connectivity index is 1.78. The lowest BCUT2D eigenvalue weighted by Crippen LogP contribution is -2.42. The minimum absolute atomic E-state index is 0.126. The van der Waals surface area contributed by atoms with Crippen LogP contribution in [0.1, 0.15) is 65.2 Å². The fraction of sp³-hybridized carbons (Fsp3) is 0.938. The quantitative estimate of drug-likeness (QED) is 0.787. The first-order chi connectivity index (χ1) is 9.51. The number of carboxylic acid groups (broad SMARTS) is 1. The molecule has 0 aromatic rings. The summed E-state index contributed by atoms with van der Waals surface area (Å²) in [4.78, 5) is 11.2. The van der Waals surface area contributed by atoms with Gasteiger partial charge in [0.2, 0.25) is 0 Å². The van der Waals surface area contributed by atoms with Gasteiger partial charge in [-0.3, -0.25) is 4.79 Å². The maximum absolute atomic E-state index is 11.2. The fourth-order valence-electron chi connectivity index (χ4n) is 3.62. The summed E-state index contributed by atoms with van der Waals surface area (Å²) < 4.78 is 6.27. The van der Waals surface area contributed by atoms with E-state index >= 15 is 0 Å². The molecule has 0 amide bonds. The molecule has 2 unspecified atom stereocenters. The van der Waals surface area contributed by atoms with Crippen molar-refractivity contribution in [2.24, 2.45) is 5.92 Å². The van der Waals surface area contributed by atoms with Gasteiger partial charge in [0, 0.05) is 6.54 Å². The van der Waals surface area contributed by atoms with E-state index in [2.05, 4.69) is 19.2 Å². The third-order valence-corrected chi connectivity index (χ3v) is 4.70. The lowest BCUT2D eigenvalue weighted by molar-refractivity contribution is -0.140. The fourth-order valence-corrected chi connectivity index (χ4v) is 3.62. The molecule has 20 heavy (non-hydrogen) atoms. The normalized spacial score (nSPS) is 27.1. The highest BCUT2D eigenvalue weighted by atomic mass is 16.5. The van der Waals surface area contributed by atoms with Crippen LogP contribution in [0.3, 0.4) is 0 Å². The zero-order chi connectivity index (χ0) is 14.6. The predicted molar refractivity (Wildman–Crippen MR) is 78.8 cm³/mol. The summed E-state index contributed by atoms with van der Waals surface area (Å²) in [5.41, 5.74) is 0.126. The van der Waals surface area contributed by atoms with E-state index < -0.39 is 12.0 Å². The molecule has 4 heteroatoms. The average molecular weight is 283 g/mol. The van der Waals surface area contributed by atoms with Gasteiger partial charge in [-0.25, -0.2) is 0 Å². The van der Waals surface area contributed by atoms with Crippen molar-refractivity contribution < 1.29 is 14.6 Å². The highest BCUT2D eigenvalue weighted by Crippen LogP contribution is 2.41. The topological polar surface area (TPSA) is 58.6 Å². The standard InChI is InChI=1S/C16H29NO3/c1-12(2)10-14(15(18)19)17-11-13-6-9-16(20-13)7-4-3-5-8-16/h12-14,17H,3-11H2,1-2H3,(H,18,19). The monoisotopic (exact) mass is 283 g/mol. The highest BCUT2D eigenvalue weighted by molar-refractivity contribution is 5.73. The van der Waals surface area contributed by atoms with E-state index in [1.807, 2.05) is 0 Å². The van der Waals surface area contributed by atoms with Crippen molar-refractivity contribution in [1.82, 2.24) is 5.32 Å². The number of hydrogen-bond donors (Lipinski definition) is 2. The maximum atomic E-state index is 11.2. The maximum Gasteiger partial charge on any atom is 0.320 e. The summed E-state index contributed by atoms with van der Waals surface area (Å²) in [5.74, 6) is -0.359. The Hall–Kier alpha value is -0.610. The average Bonchev–Trinajstić information content (AvgIpc) is 2.78. The molecule has 4 nitrogen and oxygen atoms in total. The van der Waals surface area contributed by atoms with Crippen LogP contribution < -0.4 is 5.32 Å². The minimum Gasteiger partial charge on any atom is -0.480 e. The molecule has 1 heterocycles. The van der Waals surface area contributed by atoms with Crippen LogP contribution in [0.25, 0.3) is 0 Å².